The molecule has 98 valence electrons. The van der Waals surface area contributed by atoms with Crippen molar-refractivity contribution in [3.05, 3.63) is 18.1 Å². The molecule has 0 bridgehead atoms. The lowest BCUT2D eigenvalue weighted by Crippen LogP contribution is -2.27. The van der Waals surface area contributed by atoms with E-state index in [1.54, 1.807) is 13.2 Å². The third-order valence-electron chi connectivity index (χ3n) is 2.99. The lowest BCUT2D eigenvalue weighted by atomic mass is 10.1. The predicted octanol–water partition coefficient (Wildman–Crippen LogP) is 0.675. The second-order valence-corrected chi connectivity index (χ2v) is 4.31. The van der Waals surface area contributed by atoms with Crippen molar-refractivity contribution >= 4 is 11.7 Å². The Hall–Kier alpha value is -1.69. The molecule has 2 rings (SSSR count). The molecule has 0 radical (unpaired) electrons. The number of amides is 1. The molecule has 2 heterocycles. The number of nitrogens with one attached hydrogen (secondary N) is 2. The van der Waals surface area contributed by atoms with E-state index in [0.717, 1.165) is 26.1 Å². The topological polar surface area (TPSA) is 76.1 Å². The average Bonchev–Trinajstić information content (AvgIpc) is 2.92. The van der Waals surface area contributed by atoms with Crippen LogP contribution in [0.4, 0.5) is 5.82 Å². The molecule has 1 saturated heterocycles. The fourth-order valence-electron chi connectivity index (χ4n) is 1.89. The Morgan fingerprint density at radius 3 is 3.17 bits per heavy atom. The van der Waals surface area contributed by atoms with E-state index in [0.29, 0.717) is 24.0 Å². The summed E-state index contributed by atoms with van der Waals surface area (Å²) in [5, 5.41) is 5.71. The molecule has 2 N–H and O–H groups in total. The molecular weight excluding hydrogens is 232 g/mol. The van der Waals surface area contributed by atoms with Gasteiger partial charge in [-0.15, -0.1) is 0 Å². The molecule has 18 heavy (non-hydrogen) atoms. The first-order valence-corrected chi connectivity index (χ1v) is 6.15. The highest BCUT2D eigenvalue weighted by molar-refractivity contribution is 5.92. The summed E-state index contributed by atoms with van der Waals surface area (Å²) in [5.41, 5.74) is 0.338. The zero-order valence-corrected chi connectivity index (χ0v) is 10.5. The van der Waals surface area contributed by atoms with Crippen molar-refractivity contribution in [3.8, 4) is 0 Å². The second-order valence-electron chi connectivity index (χ2n) is 4.31. The molecule has 0 saturated carbocycles. The molecule has 1 aliphatic heterocycles. The van der Waals surface area contributed by atoms with Gasteiger partial charge in [-0.3, -0.25) is 9.78 Å². The Morgan fingerprint density at radius 1 is 1.56 bits per heavy atom. The van der Waals surface area contributed by atoms with Gasteiger partial charge in [0.15, 0.2) is 0 Å². The number of ether oxygens (including phenoxy) is 1. The van der Waals surface area contributed by atoms with E-state index in [1.807, 2.05) is 0 Å². The molecule has 1 amide bonds. The quantitative estimate of drug-likeness (QED) is 0.803. The molecule has 1 atom stereocenters. The maximum Gasteiger partial charge on any atom is 0.271 e. The number of hydrogen-bond donors (Lipinski definition) is 2. The van der Waals surface area contributed by atoms with Gasteiger partial charge in [0.2, 0.25) is 0 Å². The minimum atomic E-state index is -0.182. The number of aromatic nitrogens is 2. The highest BCUT2D eigenvalue weighted by Gasteiger charge is 2.16. The Kier molecular flexibility index (Phi) is 4.46. The summed E-state index contributed by atoms with van der Waals surface area (Å²) in [5.74, 6) is 0.977. The monoisotopic (exact) mass is 250 g/mol. The van der Waals surface area contributed by atoms with Crippen molar-refractivity contribution in [2.75, 3.05) is 32.1 Å². The van der Waals surface area contributed by atoms with E-state index in [2.05, 4.69) is 20.6 Å². The Morgan fingerprint density at radius 2 is 2.44 bits per heavy atom. The molecule has 6 nitrogen and oxygen atoms in total. The van der Waals surface area contributed by atoms with Gasteiger partial charge in [0, 0.05) is 26.8 Å². The van der Waals surface area contributed by atoms with Crippen LogP contribution in [0.15, 0.2) is 12.4 Å². The maximum atomic E-state index is 11.8. The van der Waals surface area contributed by atoms with Crippen molar-refractivity contribution in [1.29, 1.82) is 0 Å². The summed E-state index contributed by atoms with van der Waals surface area (Å²) in [6.45, 7) is 2.30. The second kappa shape index (κ2) is 6.30. The van der Waals surface area contributed by atoms with Crippen LogP contribution < -0.4 is 10.6 Å². The van der Waals surface area contributed by atoms with Crippen LogP contribution in [0.5, 0.6) is 0 Å². The zero-order chi connectivity index (χ0) is 12.8. The van der Waals surface area contributed by atoms with Crippen LogP contribution in [0.25, 0.3) is 0 Å². The highest BCUT2D eigenvalue weighted by Crippen LogP contribution is 2.15. The Balaban J connectivity index is 1.79. The molecule has 6 heteroatoms. The lowest BCUT2D eigenvalue weighted by Gasteiger charge is -2.08. The average molecular weight is 250 g/mol. The van der Waals surface area contributed by atoms with E-state index in [-0.39, 0.29) is 5.91 Å². The number of anilines is 1. The smallest absolute Gasteiger partial charge is 0.271 e. The van der Waals surface area contributed by atoms with Gasteiger partial charge in [0.05, 0.1) is 12.4 Å². The van der Waals surface area contributed by atoms with Gasteiger partial charge in [0.25, 0.3) is 5.91 Å². The third kappa shape index (κ3) is 3.40. The molecular formula is C12H18N4O2. The summed E-state index contributed by atoms with van der Waals surface area (Å²) in [7, 11) is 1.74. The van der Waals surface area contributed by atoms with E-state index in [1.165, 1.54) is 6.20 Å². The standard InChI is InChI=1S/C12H18N4O2/c1-13-11-7-14-6-10(16-11)12(17)15-4-2-9-3-5-18-8-9/h6-7,9H,2-5,8H2,1H3,(H,13,16)(H,15,17). The fourth-order valence-corrected chi connectivity index (χ4v) is 1.89. The Bertz CT molecular complexity index is 405. The lowest BCUT2D eigenvalue weighted by molar-refractivity contribution is 0.0945. The molecule has 1 aromatic rings. The number of carbonyl (C=O) groups is 1. The van der Waals surface area contributed by atoms with Crippen LogP contribution in [-0.4, -0.2) is 42.7 Å². The summed E-state index contributed by atoms with van der Waals surface area (Å²) >= 11 is 0. The molecule has 1 unspecified atom stereocenters. The first kappa shape index (κ1) is 12.8. The van der Waals surface area contributed by atoms with Crippen LogP contribution in [0, 0.1) is 5.92 Å². The minimum Gasteiger partial charge on any atom is -0.381 e. The van der Waals surface area contributed by atoms with Crippen molar-refractivity contribution in [1.82, 2.24) is 15.3 Å². The summed E-state index contributed by atoms with van der Waals surface area (Å²) in [6.07, 6.45) is 5.08. The van der Waals surface area contributed by atoms with Gasteiger partial charge in [-0.2, -0.15) is 0 Å². The van der Waals surface area contributed by atoms with Gasteiger partial charge < -0.3 is 15.4 Å². The molecule has 0 spiro atoms. The molecule has 1 fully saturated rings. The van der Waals surface area contributed by atoms with E-state index < -0.39 is 0 Å². The van der Waals surface area contributed by atoms with Crippen LogP contribution in [-0.2, 0) is 4.74 Å². The minimum absolute atomic E-state index is 0.182. The van der Waals surface area contributed by atoms with E-state index in [4.69, 9.17) is 4.74 Å². The highest BCUT2D eigenvalue weighted by atomic mass is 16.5. The maximum absolute atomic E-state index is 11.8. The van der Waals surface area contributed by atoms with Gasteiger partial charge in [-0.25, -0.2) is 4.98 Å². The number of carbonyl (C=O) groups excluding carboxylic acids is 1. The molecule has 0 aromatic carbocycles. The van der Waals surface area contributed by atoms with Gasteiger partial charge in [0.1, 0.15) is 11.5 Å². The zero-order valence-electron chi connectivity index (χ0n) is 10.5. The molecule has 0 aliphatic carbocycles. The van der Waals surface area contributed by atoms with E-state index >= 15 is 0 Å². The van der Waals surface area contributed by atoms with Gasteiger partial charge in [-0.05, 0) is 18.8 Å². The SMILES string of the molecule is CNc1cncc(C(=O)NCCC2CCOC2)n1. The molecule has 1 aromatic heterocycles. The first-order chi connectivity index (χ1) is 8.79. The third-order valence-corrected chi connectivity index (χ3v) is 2.99. The fraction of sp³-hybridized carbons (Fsp3) is 0.583. The first-order valence-electron chi connectivity index (χ1n) is 6.15. The van der Waals surface area contributed by atoms with Crippen molar-refractivity contribution in [2.45, 2.75) is 12.8 Å². The van der Waals surface area contributed by atoms with Crippen molar-refractivity contribution in [3.63, 3.8) is 0 Å². The largest absolute Gasteiger partial charge is 0.381 e. The van der Waals surface area contributed by atoms with Gasteiger partial charge >= 0.3 is 0 Å². The van der Waals surface area contributed by atoms with Crippen molar-refractivity contribution < 1.29 is 9.53 Å². The van der Waals surface area contributed by atoms with Crippen LogP contribution in [0.1, 0.15) is 23.3 Å². The Labute approximate surface area is 106 Å². The summed E-state index contributed by atoms with van der Waals surface area (Å²) < 4.78 is 5.29. The van der Waals surface area contributed by atoms with Gasteiger partial charge in [-0.1, -0.05) is 0 Å². The van der Waals surface area contributed by atoms with Crippen LogP contribution in [0.3, 0.4) is 0 Å². The van der Waals surface area contributed by atoms with Crippen molar-refractivity contribution in [2.24, 2.45) is 5.92 Å². The number of hydrogen-bond acceptors (Lipinski definition) is 5. The summed E-state index contributed by atoms with van der Waals surface area (Å²) in [6, 6.07) is 0. The van der Waals surface area contributed by atoms with Crippen LogP contribution >= 0.6 is 0 Å². The normalized spacial score (nSPS) is 18.6. The van der Waals surface area contributed by atoms with Crippen LogP contribution in [0.2, 0.25) is 0 Å². The molecule has 1 aliphatic rings. The summed E-state index contributed by atoms with van der Waals surface area (Å²) in [4.78, 5) is 19.9. The number of rotatable bonds is 5. The number of nitrogens with zero attached hydrogens (tertiary/aromatic N) is 2. The van der Waals surface area contributed by atoms with E-state index in [9.17, 15) is 4.79 Å². The predicted molar refractivity (Wildman–Crippen MR) is 67.5 cm³/mol.